The van der Waals surface area contributed by atoms with E-state index in [1.807, 2.05) is 41.9 Å². The maximum absolute atomic E-state index is 14.4. The lowest BCUT2D eigenvalue weighted by Crippen LogP contribution is -2.15. The van der Waals surface area contributed by atoms with Crippen LogP contribution in [0, 0.1) is 24.4 Å². The average Bonchev–Trinajstić information content (AvgIpc) is 3.14. The van der Waals surface area contributed by atoms with Crippen LogP contribution in [0.5, 0.6) is 5.75 Å². The van der Waals surface area contributed by atoms with Gasteiger partial charge in [-0.25, -0.2) is 13.8 Å². The molecule has 0 saturated carbocycles. The number of benzene rings is 2. The van der Waals surface area contributed by atoms with Crippen LogP contribution in [0.1, 0.15) is 15.9 Å². The molecule has 0 aliphatic heterocycles. The van der Waals surface area contributed by atoms with Gasteiger partial charge in [0.25, 0.3) is 5.91 Å². The van der Waals surface area contributed by atoms with Crippen molar-refractivity contribution < 1.29 is 22.7 Å². The van der Waals surface area contributed by atoms with Crippen molar-refractivity contribution in [3.8, 4) is 17.0 Å². The molecule has 1 amide bonds. The van der Waals surface area contributed by atoms with E-state index in [4.69, 9.17) is 0 Å². The van der Waals surface area contributed by atoms with E-state index < -0.39 is 34.7 Å². The predicted octanol–water partition coefficient (Wildman–Crippen LogP) is 4.99. The summed E-state index contributed by atoms with van der Waals surface area (Å²) in [5, 5.41) is 2.49. The zero-order valence-corrected chi connectivity index (χ0v) is 16.0. The van der Waals surface area contributed by atoms with E-state index in [1.165, 1.54) is 0 Å². The van der Waals surface area contributed by atoms with Crippen LogP contribution in [0.3, 0.4) is 0 Å². The van der Waals surface area contributed by atoms with Crippen molar-refractivity contribution in [2.45, 2.75) is 6.92 Å². The molecule has 2 aromatic carbocycles. The number of nitrogens with zero attached hydrogens (tertiary/aromatic N) is 2. The molecule has 4 aromatic rings. The number of nitrogens with one attached hydrogen (secondary N) is 1. The van der Waals surface area contributed by atoms with Crippen molar-refractivity contribution in [2.75, 3.05) is 12.4 Å². The third-order valence-corrected chi connectivity index (χ3v) is 4.60. The van der Waals surface area contributed by atoms with E-state index in [-0.39, 0.29) is 0 Å². The highest BCUT2D eigenvalue weighted by molar-refractivity contribution is 6.05. The fraction of sp³-hybridized carbons (Fsp3) is 0.0909. The molecule has 0 atom stereocenters. The summed E-state index contributed by atoms with van der Waals surface area (Å²) >= 11 is 0. The number of halogens is 3. The molecule has 0 bridgehead atoms. The quantitative estimate of drug-likeness (QED) is 0.482. The summed E-state index contributed by atoms with van der Waals surface area (Å²) in [7, 11) is 0.989. The minimum atomic E-state index is -1.49. The lowest BCUT2D eigenvalue weighted by atomic mass is 10.1. The number of carbonyl (C=O) groups excluding carboxylic acids is 1. The normalized spacial score (nSPS) is 11.0. The Morgan fingerprint density at radius 3 is 2.67 bits per heavy atom. The van der Waals surface area contributed by atoms with E-state index in [0.29, 0.717) is 17.4 Å². The van der Waals surface area contributed by atoms with Crippen molar-refractivity contribution in [2.24, 2.45) is 0 Å². The third-order valence-electron chi connectivity index (χ3n) is 4.60. The number of pyridine rings is 1. The first kappa shape index (κ1) is 19.5. The molecular weight excluding hydrogens is 395 g/mol. The summed E-state index contributed by atoms with van der Waals surface area (Å²) in [6.07, 6.45) is 3.74. The summed E-state index contributed by atoms with van der Waals surface area (Å²) in [6.45, 7) is 1.97. The highest BCUT2D eigenvalue weighted by Crippen LogP contribution is 2.28. The Labute approximate surface area is 169 Å². The van der Waals surface area contributed by atoms with Crippen molar-refractivity contribution in [1.29, 1.82) is 0 Å². The number of amides is 1. The van der Waals surface area contributed by atoms with E-state index in [1.54, 1.807) is 18.2 Å². The smallest absolute Gasteiger partial charge is 0.258 e. The number of anilines is 1. The van der Waals surface area contributed by atoms with Crippen LogP contribution >= 0.6 is 0 Å². The van der Waals surface area contributed by atoms with Crippen LogP contribution in [-0.4, -0.2) is 22.4 Å². The van der Waals surface area contributed by atoms with Gasteiger partial charge in [0.05, 0.1) is 18.4 Å². The second-order valence-corrected chi connectivity index (χ2v) is 6.70. The van der Waals surface area contributed by atoms with E-state index in [9.17, 15) is 18.0 Å². The summed E-state index contributed by atoms with van der Waals surface area (Å²) < 4.78 is 48.1. The van der Waals surface area contributed by atoms with Crippen molar-refractivity contribution in [3.63, 3.8) is 0 Å². The fourth-order valence-electron chi connectivity index (χ4n) is 3.10. The van der Waals surface area contributed by atoms with Gasteiger partial charge in [-0.15, -0.1) is 0 Å². The second-order valence-electron chi connectivity index (χ2n) is 6.70. The molecule has 0 aliphatic rings. The lowest BCUT2D eigenvalue weighted by molar-refractivity contribution is 0.102. The SMILES string of the molecule is COc1c(F)c(F)cc(C(=O)Nc2cccc(-c3cn4ccc(C)cc4n3)c2)c1F. The molecule has 0 saturated heterocycles. The Morgan fingerprint density at radius 1 is 1.10 bits per heavy atom. The van der Waals surface area contributed by atoms with Crippen LogP contribution in [-0.2, 0) is 0 Å². The maximum atomic E-state index is 14.4. The van der Waals surface area contributed by atoms with E-state index in [0.717, 1.165) is 23.9 Å². The fourth-order valence-corrected chi connectivity index (χ4v) is 3.10. The minimum absolute atomic E-state index is 0.342. The average molecular weight is 411 g/mol. The van der Waals surface area contributed by atoms with E-state index >= 15 is 0 Å². The van der Waals surface area contributed by atoms with Crippen molar-refractivity contribution in [1.82, 2.24) is 9.38 Å². The van der Waals surface area contributed by atoms with Crippen LogP contribution in [0.4, 0.5) is 18.9 Å². The van der Waals surface area contributed by atoms with Crippen molar-refractivity contribution in [3.05, 3.63) is 83.4 Å². The Bertz CT molecular complexity index is 1280. The number of aromatic nitrogens is 2. The van der Waals surface area contributed by atoms with Gasteiger partial charge < -0.3 is 14.5 Å². The largest absolute Gasteiger partial charge is 0.491 e. The van der Waals surface area contributed by atoms with Crippen molar-refractivity contribution >= 4 is 17.2 Å². The molecule has 1 N–H and O–H groups in total. The molecule has 0 unspecified atom stereocenters. The van der Waals surface area contributed by atoms with Crippen LogP contribution < -0.4 is 10.1 Å². The first-order valence-electron chi connectivity index (χ1n) is 8.96. The second kappa shape index (κ2) is 7.55. The Hall–Kier alpha value is -3.81. The zero-order chi connectivity index (χ0) is 21.4. The monoisotopic (exact) mass is 411 g/mol. The summed E-state index contributed by atoms with van der Waals surface area (Å²) in [5.74, 6) is -6.04. The number of carbonyl (C=O) groups is 1. The highest BCUT2D eigenvalue weighted by atomic mass is 19.2. The molecule has 4 rings (SSSR count). The first-order valence-corrected chi connectivity index (χ1v) is 8.96. The number of rotatable bonds is 4. The van der Waals surface area contributed by atoms with Gasteiger partial charge in [0, 0.05) is 23.6 Å². The standard InChI is InChI=1S/C22H16F3N3O2/c1-12-6-7-28-11-17(27-18(28)8-12)13-4-3-5-14(9-13)26-22(29)15-10-16(23)20(25)21(30-2)19(15)24/h3-11H,1-2H3,(H,26,29). The molecular formula is C22H16F3N3O2. The number of imidazole rings is 1. The molecule has 0 fully saturated rings. The van der Waals surface area contributed by atoms with Gasteiger partial charge in [-0.3, -0.25) is 4.79 Å². The Balaban J connectivity index is 1.65. The molecule has 2 aromatic heterocycles. The summed E-state index contributed by atoms with van der Waals surface area (Å²) in [5.41, 5.74) is 2.92. The number of hydrogen-bond donors (Lipinski definition) is 1. The van der Waals surface area contributed by atoms with Gasteiger partial charge in [-0.05, 0) is 42.8 Å². The molecule has 0 aliphatic carbocycles. The van der Waals surface area contributed by atoms with Crippen LogP contribution in [0.25, 0.3) is 16.9 Å². The Morgan fingerprint density at radius 2 is 1.90 bits per heavy atom. The maximum Gasteiger partial charge on any atom is 0.258 e. The minimum Gasteiger partial charge on any atom is -0.491 e. The summed E-state index contributed by atoms with van der Waals surface area (Å²) in [6, 6.07) is 11.1. The summed E-state index contributed by atoms with van der Waals surface area (Å²) in [4.78, 5) is 17.0. The molecule has 2 heterocycles. The number of ether oxygens (including phenoxy) is 1. The topological polar surface area (TPSA) is 55.6 Å². The van der Waals surface area contributed by atoms with Gasteiger partial charge in [0.2, 0.25) is 5.82 Å². The zero-order valence-electron chi connectivity index (χ0n) is 16.0. The van der Waals surface area contributed by atoms with Crippen LogP contribution in [0.15, 0.2) is 54.9 Å². The van der Waals surface area contributed by atoms with Gasteiger partial charge in [0.1, 0.15) is 5.65 Å². The van der Waals surface area contributed by atoms with Crippen LogP contribution in [0.2, 0.25) is 0 Å². The van der Waals surface area contributed by atoms with Gasteiger partial charge in [-0.1, -0.05) is 12.1 Å². The molecule has 0 spiro atoms. The lowest BCUT2D eigenvalue weighted by Gasteiger charge is -2.10. The van der Waals surface area contributed by atoms with Gasteiger partial charge in [0.15, 0.2) is 17.4 Å². The number of aryl methyl sites for hydroxylation is 1. The highest BCUT2D eigenvalue weighted by Gasteiger charge is 2.23. The number of methoxy groups -OCH3 is 1. The molecule has 8 heteroatoms. The van der Waals surface area contributed by atoms with Gasteiger partial charge in [-0.2, -0.15) is 4.39 Å². The van der Waals surface area contributed by atoms with E-state index in [2.05, 4.69) is 15.0 Å². The first-order chi connectivity index (χ1) is 14.4. The Kier molecular flexibility index (Phi) is 4.91. The van der Waals surface area contributed by atoms with Gasteiger partial charge >= 0.3 is 0 Å². The molecule has 30 heavy (non-hydrogen) atoms. The molecule has 5 nitrogen and oxygen atoms in total. The number of hydrogen-bond acceptors (Lipinski definition) is 3. The third kappa shape index (κ3) is 3.47. The molecule has 152 valence electrons. The predicted molar refractivity (Wildman–Crippen MR) is 106 cm³/mol. The number of fused-ring (bicyclic) bond motifs is 1. The molecule has 0 radical (unpaired) electrons.